The van der Waals surface area contributed by atoms with Crippen molar-refractivity contribution in [1.29, 1.82) is 0 Å². The second kappa shape index (κ2) is 15.0. The molecular weight excluding hydrogens is 541 g/mol. The summed E-state index contributed by atoms with van der Waals surface area (Å²) in [6.07, 6.45) is 3.73. The van der Waals surface area contributed by atoms with E-state index in [-0.39, 0.29) is 24.1 Å². The number of aromatic nitrogens is 1. The van der Waals surface area contributed by atoms with Gasteiger partial charge < -0.3 is 20.3 Å². The molecule has 0 aliphatic heterocycles. The van der Waals surface area contributed by atoms with Crippen LogP contribution in [0.3, 0.4) is 0 Å². The zero-order valence-corrected chi connectivity index (χ0v) is 25.5. The molecule has 0 fully saturated rings. The van der Waals surface area contributed by atoms with Crippen LogP contribution >= 0.6 is 0 Å². The Labute approximate surface area is 254 Å². The maximum Gasteiger partial charge on any atom is 0.248 e. The normalized spacial score (nSPS) is 13.4. The van der Waals surface area contributed by atoms with E-state index in [1.54, 1.807) is 24.1 Å². The molecule has 0 bridgehead atoms. The lowest BCUT2D eigenvalue weighted by molar-refractivity contribution is -0.141. The standard InChI is InChI=1S/C36H44FN3O3/c1-4-6-23-40(3)35(43)36(22-21-29(41)12-5-2,25-26-13-8-7-9-14-26)39-33(42)24-31-30-15-10-11-16-32(30)38-34(31)27-17-19-28(37)20-18-27/h7-11,13-20,29,38,41H,4-6,12,21-25H2,1-3H3,(H,39,42). The van der Waals surface area contributed by atoms with E-state index in [0.717, 1.165) is 52.5 Å². The summed E-state index contributed by atoms with van der Waals surface area (Å²) >= 11 is 0. The van der Waals surface area contributed by atoms with E-state index in [9.17, 15) is 19.1 Å². The number of hydrogen-bond acceptors (Lipinski definition) is 3. The summed E-state index contributed by atoms with van der Waals surface area (Å²) in [5.41, 5.74) is 2.87. The Kier molecular flexibility index (Phi) is 11.1. The smallest absolute Gasteiger partial charge is 0.248 e. The van der Waals surface area contributed by atoms with E-state index in [1.165, 1.54) is 12.1 Å². The number of rotatable bonds is 15. The lowest BCUT2D eigenvalue weighted by atomic mass is 9.83. The van der Waals surface area contributed by atoms with Gasteiger partial charge in [-0.25, -0.2) is 4.39 Å². The Morgan fingerprint density at radius 3 is 2.35 bits per heavy atom. The first-order chi connectivity index (χ1) is 20.8. The molecule has 43 heavy (non-hydrogen) atoms. The number of para-hydroxylation sites is 1. The number of carbonyl (C=O) groups excluding carboxylic acids is 2. The molecule has 2 atom stereocenters. The average Bonchev–Trinajstić information content (AvgIpc) is 3.37. The molecule has 0 saturated heterocycles. The first-order valence-electron chi connectivity index (χ1n) is 15.4. The van der Waals surface area contributed by atoms with Crippen molar-refractivity contribution in [3.05, 3.63) is 95.8 Å². The highest BCUT2D eigenvalue weighted by atomic mass is 19.1. The summed E-state index contributed by atoms with van der Waals surface area (Å²) in [6, 6.07) is 23.7. The maximum absolute atomic E-state index is 14.3. The number of likely N-dealkylation sites (N-methyl/N-ethyl adjacent to an activating group) is 1. The summed E-state index contributed by atoms with van der Waals surface area (Å²) in [4.78, 5) is 33.5. The van der Waals surface area contributed by atoms with Crippen LogP contribution in [0.4, 0.5) is 4.39 Å². The van der Waals surface area contributed by atoms with E-state index >= 15 is 0 Å². The number of hydrogen-bond donors (Lipinski definition) is 3. The van der Waals surface area contributed by atoms with Crippen LogP contribution in [0.15, 0.2) is 78.9 Å². The van der Waals surface area contributed by atoms with Crippen molar-refractivity contribution in [3.8, 4) is 11.3 Å². The van der Waals surface area contributed by atoms with Crippen molar-refractivity contribution < 1.29 is 19.1 Å². The van der Waals surface area contributed by atoms with Gasteiger partial charge in [0.15, 0.2) is 0 Å². The molecule has 6 nitrogen and oxygen atoms in total. The van der Waals surface area contributed by atoms with E-state index in [0.29, 0.717) is 32.2 Å². The Morgan fingerprint density at radius 1 is 0.953 bits per heavy atom. The third-order valence-electron chi connectivity index (χ3n) is 8.14. The van der Waals surface area contributed by atoms with E-state index in [1.807, 2.05) is 61.5 Å². The van der Waals surface area contributed by atoms with Gasteiger partial charge in [0.1, 0.15) is 11.4 Å². The topological polar surface area (TPSA) is 85.4 Å². The first kappa shape index (κ1) is 32.0. The summed E-state index contributed by atoms with van der Waals surface area (Å²) in [6.45, 7) is 4.68. The fraction of sp³-hybridized carbons (Fsp3) is 0.389. The SMILES string of the molecule is CCCCN(C)C(=O)C(CCC(O)CCC)(Cc1ccccc1)NC(=O)Cc1c(-c2ccc(F)cc2)[nH]c2ccccc12. The fourth-order valence-corrected chi connectivity index (χ4v) is 5.85. The molecule has 4 rings (SSSR count). The second-order valence-corrected chi connectivity index (χ2v) is 11.6. The molecule has 7 heteroatoms. The molecule has 0 spiro atoms. The molecule has 2 unspecified atom stereocenters. The minimum absolute atomic E-state index is 0.0245. The Balaban J connectivity index is 1.73. The number of amides is 2. The molecule has 3 N–H and O–H groups in total. The van der Waals surface area contributed by atoms with Crippen LogP contribution in [-0.2, 0) is 22.4 Å². The van der Waals surface area contributed by atoms with Crippen LogP contribution in [0.1, 0.15) is 63.5 Å². The minimum Gasteiger partial charge on any atom is -0.393 e. The third-order valence-corrected chi connectivity index (χ3v) is 8.14. The van der Waals surface area contributed by atoms with Gasteiger partial charge >= 0.3 is 0 Å². The van der Waals surface area contributed by atoms with Crippen molar-refractivity contribution in [2.75, 3.05) is 13.6 Å². The van der Waals surface area contributed by atoms with E-state index in [2.05, 4.69) is 17.2 Å². The highest BCUT2D eigenvalue weighted by Crippen LogP contribution is 2.32. The zero-order chi connectivity index (χ0) is 30.8. The molecule has 0 radical (unpaired) electrons. The minimum atomic E-state index is -1.24. The summed E-state index contributed by atoms with van der Waals surface area (Å²) in [5.74, 6) is -0.772. The maximum atomic E-state index is 14.3. The van der Waals surface area contributed by atoms with Crippen LogP contribution < -0.4 is 5.32 Å². The van der Waals surface area contributed by atoms with Gasteiger partial charge in [0.05, 0.1) is 18.2 Å². The molecule has 228 valence electrons. The van der Waals surface area contributed by atoms with E-state index in [4.69, 9.17) is 0 Å². The summed E-state index contributed by atoms with van der Waals surface area (Å²) in [7, 11) is 1.79. The number of aromatic amines is 1. The number of unbranched alkanes of at least 4 members (excludes halogenated alkanes) is 1. The molecule has 3 aromatic carbocycles. The second-order valence-electron chi connectivity index (χ2n) is 11.6. The number of aliphatic hydroxyl groups excluding tert-OH is 1. The van der Waals surface area contributed by atoms with Gasteiger partial charge in [0.25, 0.3) is 0 Å². The quantitative estimate of drug-likeness (QED) is 0.143. The lowest BCUT2D eigenvalue weighted by Gasteiger charge is -2.38. The monoisotopic (exact) mass is 585 g/mol. The van der Waals surface area contributed by atoms with Crippen LogP contribution in [0, 0.1) is 5.82 Å². The summed E-state index contributed by atoms with van der Waals surface area (Å²) in [5, 5.41) is 14.8. The van der Waals surface area contributed by atoms with Crippen molar-refractivity contribution in [1.82, 2.24) is 15.2 Å². The molecular formula is C36H44FN3O3. The molecule has 0 aliphatic rings. The largest absolute Gasteiger partial charge is 0.393 e. The molecule has 1 heterocycles. The van der Waals surface area contributed by atoms with Gasteiger partial charge in [-0.1, -0.05) is 75.2 Å². The zero-order valence-electron chi connectivity index (χ0n) is 25.5. The van der Waals surface area contributed by atoms with Gasteiger partial charge in [-0.3, -0.25) is 9.59 Å². The number of aliphatic hydroxyl groups is 1. The van der Waals surface area contributed by atoms with Gasteiger partial charge in [0.2, 0.25) is 11.8 Å². The third kappa shape index (κ3) is 8.11. The molecule has 4 aromatic rings. The molecule has 2 amide bonds. The first-order valence-corrected chi connectivity index (χ1v) is 15.4. The van der Waals surface area contributed by atoms with Crippen molar-refractivity contribution in [2.45, 2.75) is 76.9 Å². The lowest BCUT2D eigenvalue weighted by Crippen LogP contribution is -2.61. The van der Waals surface area contributed by atoms with Crippen molar-refractivity contribution in [2.24, 2.45) is 0 Å². The number of H-pyrrole nitrogens is 1. The Bertz CT molecular complexity index is 1480. The van der Waals surface area contributed by atoms with E-state index < -0.39 is 11.6 Å². The van der Waals surface area contributed by atoms with Gasteiger partial charge in [-0.15, -0.1) is 0 Å². The van der Waals surface area contributed by atoms with Crippen LogP contribution in [-0.4, -0.2) is 52.0 Å². The molecule has 0 aliphatic carbocycles. The Morgan fingerprint density at radius 2 is 1.65 bits per heavy atom. The fourth-order valence-electron chi connectivity index (χ4n) is 5.85. The molecule has 1 aromatic heterocycles. The summed E-state index contributed by atoms with van der Waals surface area (Å²) < 4.78 is 13.8. The number of carbonyl (C=O) groups is 2. The Hall–Kier alpha value is -3.97. The van der Waals surface area contributed by atoms with Crippen LogP contribution in [0.5, 0.6) is 0 Å². The number of halogens is 1. The van der Waals surface area contributed by atoms with Crippen LogP contribution in [0.25, 0.3) is 22.2 Å². The number of fused-ring (bicyclic) bond motifs is 1. The predicted octanol–water partition coefficient (Wildman–Crippen LogP) is 6.81. The highest BCUT2D eigenvalue weighted by molar-refractivity contribution is 5.97. The average molecular weight is 586 g/mol. The number of nitrogens with zero attached hydrogens (tertiary/aromatic N) is 1. The van der Waals surface area contributed by atoms with Crippen molar-refractivity contribution in [3.63, 3.8) is 0 Å². The van der Waals surface area contributed by atoms with Gasteiger partial charge in [-0.2, -0.15) is 0 Å². The van der Waals surface area contributed by atoms with Gasteiger partial charge in [0, 0.05) is 30.9 Å². The predicted molar refractivity (Wildman–Crippen MR) is 171 cm³/mol. The van der Waals surface area contributed by atoms with Gasteiger partial charge in [-0.05, 0) is 72.7 Å². The number of nitrogens with one attached hydrogen (secondary N) is 2. The van der Waals surface area contributed by atoms with Crippen LogP contribution in [0.2, 0.25) is 0 Å². The highest BCUT2D eigenvalue weighted by Gasteiger charge is 2.42. The molecule has 0 saturated carbocycles. The number of benzene rings is 3. The van der Waals surface area contributed by atoms with Crippen molar-refractivity contribution >= 4 is 22.7 Å².